The molecule has 8 nitrogen and oxygen atoms in total. The number of rotatable bonds is 7. The molecule has 14 rings (SSSR count). The Balaban J connectivity index is 1.03. The van der Waals surface area contributed by atoms with Gasteiger partial charge in [0.1, 0.15) is 0 Å². The van der Waals surface area contributed by atoms with E-state index in [0.717, 1.165) is 88.2 Å². The van der Waals surface area contributed by atoms with E-state index in [9.17, 15) is 0 Å². The highest BCUT2D eigenvalue weighted by Crippen LogP contribution is 2.45. The molecule has 0 amide bonds. The van der Waals surface area contributed by atoms with Crippen LogP contribution in [0.3, 0.4) is 0 Å². The fourth-order valence-electron chi connectivity index (χ4n) is 10.2. The Bertz CT molecular complexity index is 4140. The molecule has 0 aliphatic heterocycles. The minimum Gasteiger partial charge on any atom is -0.309 e. The maximum absolute atomic E-state index is 5.47. The van der Waals surface area contributed by atoms with Crippen LogP contribution < -0.4 is 0 Å². The minimum atomic E-state index is 0.583. The van der Waals surface area contributed by atoms with E-state index in [1.54, 1.807) is 0 Å². The summed E-state index contributed by atoms with van der Waals surface area (Å²) >= 11 is 0. The van der Waals surface area contributed by atoms with E-state index < -0.39 is 0 Å². The van der Waals surface area contributed by atoms with Crippen molar-refractivity contribution in [3.8, 4) is 74.0 Å². The highest BCUT2D eigenvalue weighted by atomic mass is 15.1. The molecule has 5 heterocycles. The first-order valence-corrected chi connectivity index (χ1v) is 22.7. The van der Waals surface area contributed by atoms with Gasteiger partial charge in [0, 0.05) is 65.7 Å². The van der Waals surface area contributed by atoms with Crippen molar-refractivity contribution in [1.29, 1.82) is 0 Å². The molecule has 316 valence electrons. The van der Waals surface area contributed by atoms with Crippen molar-refractivity contribution >= 4 is 59.9 Å². The zero-order valence-electron chi connectivity index (χ0n) is 36.4. The molecule has 5 aromatic heterocycles. The Labute approximate surface area is 389 Å². The first-order valence-electron chi connectivity index (χ1n) is 22.7. The van der Waals surface area contributed by atoms with Crippen LogP contribution in [0.2, 0.25) is 0 Å². The van der Waals surface area contributed by atoms with Gasteiger partial charge in [-0.25, -0.2) is 29.9 Å². The molecule has 0 N–H and O–H groups in total. The molecule has 0 aliphatic rings. The summed E-state index contributed by atoms with van der Waals surface area (Å²) in [4.78, 5) is 31.4. The monoisotopic (exact) mass is 868 g/mol. The standard InChI is InChI=1S/C60H36N8/c1-4-19-37(20-5-1)55-61-56(38-21-6-2-7-22-38)63-58(62-55)40-35-47-43-27-12-16-33-51(43)68-53-44(48(36-40)54(47)68)29-18-30-46(53)60-65-57(39-23-8-3-9-24-39)64-59(66-60)45-28-13-17-34-52(45)67-49-31-14-10-25-41(49)42-26-11-15-32-50(42)67/h1-36H. The summed E-state index contributed by atoms with van der Waals surface area (Å²) in [7, 11) is 0. The third-order valence-electron chi connectivity index (χ3n) is 13.2. The van der Waals surface area contributed by atoms with Gasteiger partial charge < -0.3 is 8.97 Å². The second kappa shape index (κ2) is 15.1. The second-order valence-corrected chi connectivity index (χ2v) is 17.1. The van der Waals surface area contributed by atoms with Gasteiger partial charge in [-0.05, 0) is 48.5 Å². The fourth-order valence-corrected chi connectivity index (χ4v) is 10.2. The van der Waals surface area contributed by atoms with Crippen LogP contribution in [0.4, 0.5) is 0 Å². The van der Waals surface area contributed by atoms with Gasteiger partial charge in [0.2, 0.25) is 0 Å². The fraction of sp³-hybridized carbons (Fsp3) is 0. The lowest BCUT2D eigenvalue weighted by molar-refractivity contribution is 1.06. The van der Waals surface area contributed by atoms with Crippen molar-refractivity contribution in [3.05, 3.63) is 218 Å². The molecule has 0 unspecified atom stereocenters. The van der Waals surface area contributed by atoms with Crippen molar-refractivity contribution < 1.29 is 0 Å². The third kappa shape index (κ3) is 5.87. The average Bonchev–Trinajstić information content (AvgIpc) is 4.06. The molecule has 0 radical (unpaired) electrons. The SMILES string of the molecule is c1ccc(-c2nc(-c3ccccc3)nc(-c3cc4c5ccccc5n5c6c(-c7nc(-c8ccccc8)nc(-c8ccccc8-n8c9ccccc9c9ccccc98)n7)cccc6c(c3)c45)n2)cc1. The highest BCUT2D eigenvalue weighted by molar-refractivity contribution is 6.26. The molecular weight excluding hydrogens is 833 g/mol. The van der Waals surface area contributed by atoms with Crippen LogP contribution in [-0.4, -0.2) is 38.9 Å². The molecule has 0 fully saturated rings. The van der Waals surface area contributed by atoms with Gasteiger partial charge in [-0.2, -0.15) is 0 Å². The summed E-state index contributed by atoms with van der Waals surface area (Å²) in [6.45, 7) is 0. The maximum Gasteiger partial charge on any atom is 0.166 e. The van der Waals surface area contributed by atoms with Crippen LogP contribution in [0.1, 0.15) is 0 Å². The summed E-state index contributed by atoms with van der Waals surface area (Å²) in [6.07, 6.45) is 0. The molecule has 0 saturated carbocycles. The summed E-state index contributed by atoms with van der Waals surface area (Å²) in [5, 5.41) is 6.78. The van der Waals surface area contributed by atoms with Crippen LogP contribution in [0.25, 0.3) is 134 Å². The Morgan fingerprint density at radius 2 is 0.632 bits per heavy atom. The molecular formula is C60H36N8. The van der Waals surface area contributed by atoms with E-state index in [-0.39, 0.29) is 0 Å². The quantitative estimate of drug-likeness (QED) is 0.159. The summed E-state index contributed by atoms with van der Waals surface area (Å²) in [5.74, 6) is 3.61. The first kappa shape index (κ1) is 37.9. The Morgan fingerprint density at radius 3 is 1.21 bits per heavy atom. The van der Waals surface area contributed by atoms with E-state index in [0.29, 0.717) is 34.9 Å². The van der Waals surface area contributed by atoms with E-state index in [1.165, 1.54) is 10.8 Å². The smallest absolute Gasteiger partial charge is 0.166 e. The molecule has 68 heavy (non-hydrogen) atoms. The number of para-hydroxylation sites is 5. The molecule has 9 aromatic carbocycles. The summed E-state index contributed by atoms with van der Waals surface area (Å²) < 4.78 is 4.73. The number of benzene rings is 9. The molecule has 8 heteroatoms. The van der Waals surface area contributed by atoms with E-state index >= 15 is 0 Å². The Morgan fingerprint density at radius 1 is 0.250 bits per heavy atom. The zero-order chi connectivity index (χ0) is 44.7. The average molecular weight is 869 g/mol. The van der Waals surface area contributed by atoms with Crippen molar-refractivity contribution in [2.75, 3.05) is 0 Å². The lowest BCUT2D eigenvalue weighted by Crippen LogP contribution is -2.04. The molecule has 14 aromatic rings. The number of nitrogens with zero attached hydrogens (tertiary/aromatic N) is 8. The van der Waals surface area contributed by atoms with Crippen molar-refractivity contribution in [3.63, 3.8) is 0 Å². The van der Waals surface area contributed by atoms with Gasteiger partial charge in [-0.15, -0.1) is 0 Å². The predicted molar refractivity (Wildman–Crippen MR) is 275 cm³/mol. The lowest BCUT2D eigenvalue weighted by atomic mass is 10.0. The largest absolute Gasteiger partial charge is 0.309 e. The molecule has 0 saturated heterocycles. The number of hydrogen-bond donors (Lipinski definition) is 0. The zero-order valence-corrected chi connectivity index (χ0v) is 36.4. The topological polar surface area (TPSA) is 86.7 Å². The van der Waals surface area contributed by atoms with Crippen LogP contribution >= 0.6 is 0 Å². The van der Waals surface area contributed by atoms with Gasteiger partial charge in [0.15, 0.2) is 34.9 Å². The van der Waals surface area contributed by atoms with Gasteiger partial charge in [-0.3, -0.25) is 0 Å². The molecule has 0 atom stereocenters. The van der Waals surface area contributed by atoms with Crippen LogP contribution in [0.5, 0.6) is 0 Å². The normalized spacial score (nSPS) is 11.8. The van der Waals surface area contributed by atoms with Gasteiger partial charge >= 0.3 is 0 Å². The van der Waals surface area contributed by atoms with Gasteiger partial charge in [0.05, 0.1) is 33.3 Å². The minimum absolute atomic E-state index is 0.583. The van der Waals surface area contributed by atoms with Crippen LogP contribution in [-0.2, 0) is 0 Å². The first-order chi connectivity index (χ1) is 33.7. The maximum atomic E-state index is 5.47. The Kier molecular flexibility index (Phi) is 8.41. The van der Waals surface area contributed by atoms with Crippen molar-refractivity contribution in [2.45, 2.75) is 0 Å². The van der Waals surface area contributed by atoms with E-state index in [2.05, 4.69) is 148 Å². The molecule has 0 spiro atoms. The predicted octanol–water partition coefficient (Wildman–Crippen LogP) is 14.3. The van der Waals surface area contributed by atoms with Crippen LogP contribution in [0, 0.1) is 0 Å². The van der Waals surface area contributed by atoms with Crippen LogP contribution in [0.15, 0.2) is 218 Å². The number of hydrogen-bond acceptors (Lipinski definition) is 6. The number of fused-ring (bicyclic) bond motifs is 9. The molecule has 0 bridgehead atoms. The van der Waals surface area contributed by atoms with E-state index in [4.69, 9.17) is 29.9 Å². The van der Waals surface area contributed by atoms with Crippen molar-refractivity contribution in [1.82, 2.24) is 38.9 Å². The van der Waals surface area contributed by atoms with Gasteiger partial charge in [-0.1, -0.05) is 170 Å². The highest BCUT2D eigenvalue weighted by Gasteiger charge is 2.25. The lowest BCUT2D eigenvalue weighted by Gasteiger charge is -2.15. The summed E-state index contributed by atoms with van der Waals surface area (Å²) in [5.41, 5.74) is 11.9. The van der Waals surface area contributed by atoms with Gasteiger partial charge in [0.25, 0.3) is 0 Å². The van der Waals surface area contributed by atoms with E-state index in [1.807, 2.05) is 78.9 Å². The second-order valence-electron chi connectivity index (χ2n) is 17.1. The number of aromatic nitrogens is 8. The third-order valence-corrected chi connectivity index (χ3v) is 13.2. The molecule has 0 aliphatic carbocycles. The van der Waals surface area contributed by atoms with Crippen molar-refractivity contribution in [2.24, 2.45) is 0 Å². The Hall–Kier alpha value is -9.40. The summed E-state index contributed by atoms with van der Waals surface area (Å²) in [6, 6.07) is 75.6.